The summed E-state index contributed by atoms with van der Waals surface area (Å²) in [5, 5.41) is 0.498. The lowest BCUT2D eigenvalue weighted by atomic mass is 9.84. The molecule has 1 aliphatic carbocycles. The molecule has 4 heteroatoms. The van der Waals surface area contributed by atoms with Crippen molar-refractivity contribution in [2.24, 2.45) is 0 Å². The highest BCUT2D eigenvalue weighted by molar-refractivity contribution is 7.85. The van der Waals surface area contributed by atoms with Crippen LogP contribution in [0.2, 0.25) is 5.02 Å². The van der Waals surface area contributed by atoms with Crippen molar-refractivity contribution in [1.82, 2.24) is 0 Å². The number of aryl methyl sites for hydroxylation is 1. The van der Waals surface area contributed by atoms with Crippen LogP contribution in [0, 0.1) is 0 Å². The molecular weight excluding hydrogens is 302 g/mol. The van der Waals surface area contributed by atoms with Gasteiger partial charge in [0.05, 0.1) is 20.7 Å². The van der Waals surface area contributed by atoms with E-state index < -0.39 is 10.8 Å². The summed E-state index contributed by atoms with van der Waals surface area (Å²) in [4.78, 5) is 0.689. The number of fused-ring (bicyclic) bond motifs is 1. The van der Waals surface area contributed by atoms with Gasteiger partial charge in [-0.15, -0.1) is 0 Å². The average molecular weight is 320 g/mol. The van der Waals surface area contributed by atoms with Gasteiger partial charge in [-0.25, -0.2) is 0 Å². The second kappa shape index (κ2) is 6.20. The molecule has 0 amide bonds. The second-order valence-corrected chi connectivity index (χ2v) is 7.36. The summed E-state index contributed by atoms with van der Waals surface area (Å²) in [7, 11) is -1.10. The molecule has 0 saturated heterocycles. The molecule has 21 heavy (non-hydrogen) atoms. The van der Waals surface area contributed by atoms with Gasteiger partial charge in [0.1, 0.15) is 0 Å². The molecule has 1 aliphatic rings. The largest absolute Gasteiger partial charge is 0.399 e. The first-order valence-electron chi connectivity index (χ1n) is 7.16. The molecule has 3 rings (SSSR count). The first-order valence-corrected chi connectivity index (χ1v) is 8.86. The van der Waals surface area contributed by atoms with Crippen LogP contribution in [0.4, 0.5) is 5.69 Å². The van der Waals surface area contributed by atoms with Gasteiger partial charge in [-0.05, 0) is 54.5 Å². The number of hydrogen-bond donors (Lipinski definition) is 1. The standard InChI is InChI=1S/C17H18ClNOS/c18-16-10-14(19)8-9-17(16)21(20)11-13-6-3-5-12-4-1-2-7-15(12)13/h1-2,4,7-10,13H,3,5-6,11,19H2. The SMILES string of the molecule is Nc1ccc(S(=O)CC2CCCc3ccccc32)c(Cl)c1. The molecule has 110 valence electrons. The molecule has 2 aromatic carbocycles. The summed E-state index contributed by atoms with van der Waals surface area (Å²) >= 11 is 6.17. The molecule has 0 bridgehead atoms. The Morgan fingerprint density at radius 2 is 2.05 bits per heavy atom. The van der Waals surface area contributed by atoms with Gasteiger partial charge < -0.3 is 5.73 Å². The molecule has 0 aromatic heterocycles. The van der Waals surface area contributed by atoms with Crippen molar-refractivity contribution in [1.29, 1.82) is 0 Å². The first kappa shape index (κ1) is 14.6. The van der Waals surface area contributed by atoms with Crippen molar-refractivity contribution < 1.29 is 4.21 Å². The zero-order chi connectivity index (χ0) is 14.8. The maximum atomic E-state index is 12.6. The maximum Gasteiger partial charge on any atom is 0.0587 e. The molecule has 0 radical (unpaired) electrons. The Hall–Kier alpha value is -1.32. The van der Waals surface area contributed by atoms with E-state index in [0.717, 1.165) is 19.3 Å². The topological polar surface area (TPSA) is 43.1 Å². The van der Waals surface area contributed by atoms with Gasteiger partial charge in [-0.1, -0.05) is 35.9 Å². The number of nitrogen functional groups attached to an aromatic ring is 1. The van der Waals surface area contributed by atoms with Crippen LogP contribution < -0.4 is 5.73 Å². The molecule has 0 saturated carbocycles. The van der Waals surface area contributed by atoms with E-state index in [0.29, 0.717) is 27.3 Å². The van der Waals surface area contributed by atoms with Crippen LogP contribution in [0.1, 0.15) is 29.9 Å². The van der Waals surface area contributed by atoms with Crippen molar-refractivity contribution >= 4 is 28.1 Å². The number of halogens is 1. The van der Waals surface area contributed by atoms with Crippen molar-refractivity contribution in [2.45, 2.75) is 30.1 Å². The van der Waals surface area contributed by atoms with Crippen molar-refractivity contribution in [3.8, 4) is 0 Å². The third kappa shape index (κ3) is 3.14. The fraction of sp³-hybridized carbons (Fsp3) is 0.294. The average Bonchev–Trinajstić information content (AvgIpc) is 2.47. The molecule has 0 spiro atoms. The predicted molar refractivity (Wildman–Crippen MR) is 89.3 cm³/mol. The van der Waals surface area contributed by atoms with Crippen LogP contribution in [0.15, 0.2) is 47.4 Å². The summed E-state index contributed by atoms with van der Waals surface area (Å²) in [5.41, 5.74) is 9.04. The second-order valence-electron chi connectivity index (χ2n) is 5.49. The molecule has 2 unspecified atom stereocenters. The zero-order valence-corrected chi connectivity index (χ0v) is 13.3. The molecule has 0 heterocycles. The van der Waals surface area contributed by atoms with E-state index >= 15 is 0 Å². The van der Waals surface area contributed by atoms with E-state index in [4.69, 9.17) is 17.3 Å². The summed E-state index contributed by atoms with van der Waals surface area (Å²) in [5.74, 6) is 0.977. The minimum atomic E-state index is -1.10. The van der Waals surface area contributed by atoms with Gasteiger partial charge in [-0.2, -0.15) is 0 Å². The highest BCUT2D eigenvalue weighted by Crippen LogP contribution is 2.34. The summed E-state index contributed by atoms with van der Waals surface area (Å²) in [6.45, 7) is 0. The monoisotopic (exact) mass is 319 g/mol. The molecule has 2 N–H and O–H groups in total. The van der Waals surface area contributed by atoms with Crippen LogP contribution >= 0.6 is 11.6 Å². The fourth-order valence-electron chi connectivity index (χ4n) is 3.00. The molecule has 0 aliphatic heterocycles. The van der Waals surface area contributed by atoms with E-state index in [1.54, 1.807) is 18.2 Å². The highest BCUT2D eigenvalue weighted by Gasteiger charge is 2.23. The number of hydrogen-bond acceptors (Lipinski definition) is 2. The quantitative estimate of drug-likeness (QED) is 0.864. The van der Waals surface area contributed by atoms with Gasteiger partial charge in [0.2, 0.25) is 0 Å². The smallest absolute Gasteiger partial charge is 0.0587 e. The van der Waals surface area contributed by atoms with Gasteiger partial charge in [-0.3, -0.25) is 4.21 Å². The van der Waals surface area contributed by atoms with Crippen molar-refractivity contribution in [2.75, 3.05) is 11.5 Å². The van der Waals surface area contributed by atoms with Gasteiger partial charge in [0.25, 0.3) is 0 Å². The van der Waals surface area contributed by atoms with Crippen LogP contribution in [0.25, 0.3) is 0 Å². The summed E-state index contributed by atoms with van der Waals surface area (Å²) in [6, 6.07) is 13.7. The van der Waals surface area contributed by atoms with E-state index in [1.165, 1.54) is 11.1 Å². The Morgan fingerprint density at radius 3 is 2.86 bits per heavy atom. The van der Waals surface area contributed by atoms with Crippen LogP contribution in [0.3, 0.4) is 0 Å². The molecule has 2 nitrogen and oxygen atoms in total. The zero-order valence-electron chi connectivity index (χ0n) is 11.7. The van der Waals surface area contributed by atoms with Gasteiger partial charge in [0, 0.05) is 11.4 Å². The van der Waals surface area contributed by atoms with Crippen molar-refractivity contribution in [3.63, 3.8) is 0 Å². The minimum Gasteiger partial charge on any atom is -0.399 e. The van der Waals surface area contributed by atoms with Gasteiger partial charge >= 0.3 is 0 Å². The Balaban J connectivity index is 1.83. The van der Waals surface area contributed by atoms with E-state index in [2.05, 4.69) is 24.3 Å². The lowest BCUT2D eigenvalue weighted by molar-refractivity contribution is 0.588. The van der Waals surface area contributed by atoms with Gasteiger partial charge in [0.15, 0.2) is 0 Å². The normalized spacial score (nSPS) is 19.0. The lowest BCUT2D eigenvalue weighted by Crippen LogP contribution is -2.16. The lowest BCUT2D eigenvalue weighted by Gasteiger charge is -2.25. The fourth-order valence-corrected chi connectivity index (χ4v) is 4.84. The van der Waals surface area contributed by atoms with E-state index in [1.807, 2.05) is 0 Å². The van der Waals surface area contributed by atoms with Crippen LogP contribution in [0.5, 0.6) is 0 Å². The molecule has 0 fully saturated rings. The Kier molecular flexibility index (Phi) is 4.32. The number of nitrogens with two attached hydrogens (primary N) is 1. The van der Waals surface area contributed by atoms with Crippen LogP contribution in [-0.4, -0.2) is 9.96 Å². The maximum absolute atomic E-state index is 12.6. The first-order chi connectivity index (χ1) is 10.1. The van der Waals surface area contributed by atoms with Crippen molar-refractivity contribution in [3.05, 3.63) is 58.6 Å². The Bertz CT molecular complexity index is 686. The number of benzene rings is 2. The Labute approximate surface area is 132 Å². The number of anilines is 1. The van der Waals surface area contributed by atoms with E-state index in [-0.39, 0.29) is 0 Å². The molecular formula is C17H18ClNOS. The molecule has 2 atom stereocenters. The van der Waals surface area contributed by atoms with E-state index in [9.17, 15) is 4.21 Å². The highest BCUT2D eigenvalue weighted by atomic mass is 35.5. The Morgan fingerprint density at radius 1 is 1.24 bits per heavy atom. The molecule has 2 aromatic rings. The third-order valence-corrected chi connectivity index (χ3v) is 6.02. The summed E-state index contributed by atoms with van der Waals surface area (Å²) < 4.78 is 12.6. The summed E-state index contributed by atoms with van der Waals surface area (Å²) in [6.07, 6.45) is 3.38. The predicted octanol–water partition coefficient (Wildman–Crippen LogP) is 4.15. The minimum absolute atomic E-state index is 0.351. The van der Waals surface area contributed by atoms with Crippen LogP contribution in [-0.2, 0) is 17.2 Å². The number of rotatable bonds is 3. The third-order valence-electron chi connectivity index (χ3n) is 4.05.